The number of fused-ring (bicyclic) bond motifs is 1. The molecule has 0 aliphatic heterocycles. The van der Waals surface area contributed by atoms with E-state index < -0.39 is 0 Å². The number of benzene rings is 2. The van der Waals surface area contributed by atoms with Gasteiger partial charge in [-0.3, -0.25) is 0 Å². The quantitative estimate of drug-likeness (QED) is 0.628. The first-order valence-corrected chi connectivity index (χ1v) is 8.42. The lowest BCUT2D eigenvalue weighted by atomic mass is 10.2. The van der Waals surface area contributed by atoms with Gasteiger partial charge in [0.25, 0.3) is 0 Å². The summed E-state index contributed by atoms with van der Waals surface area (Å²) in [6, 6.07) is 13.8. The number of aromatic nitrogens is 2. The summed E-state index contributed by atoms with van der Waals surface area (Å²) in [6.45, 7) is 1.73. The Morgan fingerprint density at radius 1 is 1.12 bits per heavy atom. The molecule has 0 saturated heterocycles. The SMILES string of the molecule is CN(C)CCCOc1ccc2c(c1)nc(-c1ccc(Cl)cc1)n2C. The lowest BCUT2D eigenvalue weighted by Crippen LogP contribution is -2.15. The summed E-state index contributed by atoms with van der Waals surface area (Å²) in [4.78, 5) is 6.92. The third-order valence-electron chi connectivity index (χ3n) is 3.97. The van der Waals surface area contributed by atoms with Crippen molar-refractivity contribution in [3.05, 3.63) is 47.5 Å². The molecule has 1 heterocycles. The Morgan fingerprint density at radius 2 is 1.88 bits per heavy atom. The van der Waals surface area contributed by atoms with E-state index in [0.29, 0.717) is 6.61 Å². The second-order valence-corrected chi connectivity index (χ2v) is 6.59. The normalized spacial score (nSPS) is 11.4. The summed E-state index contributed by atoms with van der Waals surface area (Å²) in [7, 11) is 6.16. The molecule has 0 spiro atoms. The topological polar surface area (TPSA) is 30.3 Å². The summed E-state index contributed by atoms with van der Waals surface area (Å²) in [5, 5.41) is 0.728. The minimum absolute atomic E-state index is 0.709. The van der Waals surface area contributed by atoms with Crippen LogP contribution in [0.3, 0.4) is 0 Å². The summed E-state index contributed by atoms with van der Waals surface area (Å²) < 4.78 is 7.93. The maximum absolute atomic E-state index is 5.97. The predicted octanol–water partition coefficient (Wildman–Crippen LogP) is 4.22. The molecule has 0 fully saturated rings. The fraction of sp³-hybridized carbons (Fsp3) is 0.316. The molecule has 5 heteroatoms. The minimum atomic E-state index is 0.709. The van der Waals surface area contributed by atoms with Crippen molar-refractivity contribution in [2.45, 2.75) is 6.42 Å². The lowest BCUT2D eigenvalue weighted by Gasteiger charge is -2.10. The maximum atomic E-state index is 5.97. The van der Waals surface area contributed by atoms with Crippen LogP contribution in [-0.2, 0) is 7.05 Å². The van der Waals surface area contributed by atoms with Crippen LogP contribution in [0.25, 0.3) is 22.4 Å². The number of rotatable bonds is 6. The zero-order valence-electron chi connectivity index (χ0n) is 14.3. The van der Waals surface area contributed by atoms with E-state index in [1.54, 1.807) is 0 Å². The summed E-state index contributed by atoms with van der Waals surface area (Å²) >= 11 is 5.97. The van der Waals surface area contributed by atoms with Crippen molar-refractivity contribution in [2.75, 3.05) is 27.2 Å². The number of halogens is 1. The van der Waals surface area contributed by atoms with Crippen LogP contribution in [0.15, 0.2) is 42.5 Å². The molecule has 0 amide bonds. The smallest absolute Gasteiger partial charge is 0.140 e. The van der Waals surface area contributed by atoms with Crippen molar-refractivity contribution < 1.29 is 4.74 Å². The molecule has 0 atom stereocenters. The molecule has 24 heavy (non-hydrogen) atoms. The fourth-order valence-corrected chi connectivity index (χ4v) is 2.82. The van der Waals surface area contributed by atoms with Crippen LogP contribution < -0.4 is 4.74 Å². The highest BCUT2D eigenvalue weighted by molar-refractivity contribution is 6.30. The fourth-order valence-electron chi connectivity index (χ4n) is 2.70. The molecule has 3 rings (SSSR count). The van der Waals surface area contributed by atoms with E-state index >= 15 is 0 Å². The third kappa shape index (κ3) is 3.71. The van der Waals surface area contributed by atoms with Gasteiger partial charge in [0, 0.05) is 30.2 Å². The Labute approximate surface area is 147 Å². The van der Waals surface area contributed by atoms with Gasteiger partial charge >= 0.3 is 0 Å². The molecule has 0 N–H and O–H groups in total. The van der Waals surface area contributed by atoms with Crippen molar-refractivity contribution in [2.24, 2.45) is 7.05 Å². The molecular weight excluding hydrogens is 322 g/mol. The molecule has 2 aromatic carbocycles. The summed E-state index contributed by atoms with van der Waals surface area (Å²) in [6.07, 6.45) is 1.00. The Kier molecular flexibility index (Phi) is 5.07. The monoisotopic (exact) mass is 343 g/mol. The van der Waals surface area contributed by atoms with Crippen molar-refractivity contribution >= 4 is 22.6 Å². The molecule has 126 valence electrons. The molecule has 3 aromatic rings. The Balaban J connectivity index is 1.81. The van der Waals surface area contributed by atoms with Gasteiger partial charge in [0.15, 0.2) is 0 Å². The lowest BCUT2D eigenvalue weighted by molar-refractivity contribution is 0.282. The van der Waals surface area contributed by atoms with E-state index in [9.17, 15) is 0 Å². The average molecular weight is 344 g/mol. The number of ether oxygens (including phenoxy) is 1. The van der Waals surface area contributed by atoms with E-state index in [-0.39, 0.29) is 0 Å². The van der Waals surface area contributed by atoms with Crippen LogP contribution in [0, 0.1) is 0 Å². The highest BCUT2D eigenvalue weighted by Gasteiger charge is 2.10. The third-order valence-corrected chi connectivity index (χ3v) is 4.23. The van der Waals surface area contributed by atoms with E-state index in [2.05, 4.69) is 29.6 Å². The first-order chi connectivity index (χ1) is 11.5. The predicted molar refractivity (Wildman–Crippen MR) is 99.8 cm³/mol. The molecule has 4 nitrogen and oxygen atoms in total. The Hall–Kier alpha value is -2.04. The van der Waals surface area contributed by atoms with Gasteiger partial charge in [0.05, 0.1) is 17.6 Å². The standard InChI is InChI=1S/C19H22ClN3O/c1-22(2)11-4-12-24-16-9-10-18-17(13-16)21-19(23(18)3)14-5-7-15(20)8-6-14/h5-10,13H,4,11-12H2,1-3H3. The molecule has 0 unspecified atom stereocenters. The van der Waals surface area contributed by atoms with Gasteiger partial charge < -0.3 is 14.2 Å². The number of aryl methyl sites for hydroxylation is 1. The molecule has 1 aromatic heterocycles. The van der Waals surface area contributed by atoms with E-state index in [0.717, 1.165) is 46.2 Å². The van der Waals surface area contributed by atoms with Gasteiger partial charge in [-0.1, -0.05) is 11.6 Å². The minimum Gasteiger partial charge on any atom is -0.493 e. The molecular formula is C19H22ClN3O. The zero-order chi connectivity index (χ0) is 17.1. The highest BCUT2D eigenvalue weighted by Crippen LogP contribution is 2.27. The van der Waals surface area contributed by atoms with Crippen LogP contribution in [0.4, 0.5) is 0 Å². The number of hydrogen-bond acceptors (Lipinski definition) is 3. The van der Waals surface area contributed by atoms with Crippen molar-refractivity contribution in [3.63, 3.8) is 0 Å². The molecule has 0 aliphatic carbocycles. The van der Waals surface area contributed by atoms with Crippen LogP contribution in [0.5, 0.6) is 5.75 Å². The second-order valence-electron chi connectivity index (χ2n) is 6.16. The number of imidazole rings is 1. The van der Waals surface area contributed by atoms with E-state index in [1.807, 2.05) is 43.4 Å². The average Bonchev–Trinajstić information content (AvgIpc) is 2.89. The first kappa shape index (κ1) is 16.8. The van der Waals surface area contributed by atoms with Gasteiger partial charge in [0.2, 0.25) is 0 Å². The van der Waals surface area contributed by atoms with Gasteiger partial charge in [-0.25, -0.2) is 4.98 Å². The van der Waals surface area contributed by atoms with Gasteiger partial charge in [-0.2, -0.15) is 0 Å². The van der Waals surface area contributed by atoms with Crippen molar-refractivity contribution in [3.8, 4) is 17.1 Å². The number of hydrogen-bond donors (Lipinski definition) is 0. The maximum Gasteiger partial charge on any atom is 0.140 e. The Morgan fingerprint density at radius 3 is 2.58 bits per heavy atom. The van der Waals surface area contributed by atoms with Crippen LogP contribution in [-0.4, -0.2) is 41.7 Å². The second kappa shape index (κ2) is 7.24. The van der Waals surface area contributed by atoms with Crippen LogP contribution in [0.1, 0.15) is 6.42 Å². The number of nitrogens with zero attached hydrogens (tertiary/aromatic N) is 3. The summed E-state index contributed by atoms with van der Waals surface area (Å²) in [5.74, 6) is 1.79. The largest absolute Gasteiger partial charge is 0.493 e. The first-order valence-electron chi connectivity index (χ1n) is 8.04. The molecule has 0 saturated carbocycles. The van der Waals surface area contributed by atoms with Crippen molar-refractivity contribution in [1.82, 2.24) is 14.5 Å². The van der Waals surface area contributed by atoms with Crippen molar-refractivity contribution in [1.29, 1.82) is 0 Å². The zero-order valence-corrected chi connectivity index (χ0v) is 15.0. The van der Waals surface area contributed by atoms with Gasteiger partial charge in [-0.05, 0) is 56.9 Å². The van der Waals surface area contributed by atoms with Crippen LogP contribution in [0.2, 0.25) is 5.02 Å². The van der Waals surface area contributed by atoms with E-state index in [4.69, 9.17) is 21.3 Å². The Bertz CT molecular complexity index is 824. The molecule has 0 bridgehead atoms. The van der Waals surface area contributed by atoms with Gasteiger partial charge in [0.1, 0.15) is 11.6 Å². The van der Waals surface area contributed by atoms with Gasteiger partial charge in [-0.15, -0.1) is 0 Å². The van der Waals surface area contributed by atoms with E-state index in [1.165, 1.54) is 0 Å². The highest BCUT2D eigenvalue weighted by atomic mass is 35.5. The molecule has 0 aliphatic rings. The summed E-state index contributed by atoms with van der Waals surface area (Å²) in [5.41, 5.74) is 3.07. The molecule has 0 radical (unpaired) electrons. The van der Waals surface area contributed by atoms with Crippen LogP contribution >= 0.6 is 11.6 Å².